The number of thioether (sulfide) groups is 1. The highest BCUT2D eigenvalue weighted by molar-refractivity contribution is 7.98. The highest BCUT2D eigenvalue weighted by Gasteiger charge is 2.20. The zero-order valence-electron chi connectivity index (χ0n) is 8.11. The van der Waals surface area contributed by atoms with Gasteiger partial charge >= 0.3 is 11.9 Å². The molecule has 0 heterocycles. The van der Waals surface area contributed by atoms with E-state index in [0.29, 0.717) is 12.2 Å². The van der Waals surface area contributed by atoms with Gasteiger partial charge in [-0.15, -0.1) is 0 Å². The fraction of sp³-hybridized carbons (Fsp3) is 0.625. The minimum absolute atomic E-state index is 0.422. The van der Waals surface area contributed by atoms with Crippen molar-refractivity contribution in [2.75, 3.05) is 12.0 Å². The molecule has 0 spiro atoms. The van der Waals surface area contributed by atoms with Gasteiger partial charge in [-0.25, -0.2) is 9.59 Å². The summed E-state index contributed by atoms with van der Waals surface area (Å²) in [4.78, 5) is 32.2. The molecular formula is C8H13NO4S. The van der Waals surface area contributed by atoms with Crippen molar-refractivity contribution < 1.29 is 19.1 Å². The SMILES string of the molecule is CSCC[C@H](N)C(=O)OC(=O)C(C)=O. The van der Waals surface area contributed by atoms with Gasteiger partial charge in [0.25, 0.3) is 0 Å². The molecule has 0 aromatic carbocycles. The Morgan fingerprint density at radius 3 is 2.43 bits per heavy atom. The van der Waals surface area contributed by atoms with Crippen LogP contribution in [0.1, 0.15) is 13.3 Å². The van der Waals surface area contributed by atoms with Gasteiger partial charge in [0, 0.05) is 6.92 Å². The molecule has 0 saturated heterocycles. The van der Waals surface area contributed by atoms with E-state index in [4.69, 9.17) is 5.73 Å². The smallest absolute Gasteiger partial charge is 0.381 e. The van der Waals surface area contributed by atoms with Crippen molar-refractivity contribution in [2.45, 2.75) is 19.4 Å². The highest BCUT2D eigenvalue weighted by Crippen LogP contribution is 2.00. The first kappa shape index (κ1) is 13.1. The topological polar surface area (TPSA) is 86.5 Å². The molecule has 80 valence electrons. The lowest BCUT2D eigenvalue weighted by Crippen LogP contribution is -2.35. The number of hydrogen-bond acceptors (Lipinski definition) is 6. The molecule has 0 aromatic rings. The summed E-state index contributed by atoms with van der Waals surface area (Å²) in [7, 11) is 0. The lowest BCUT2D eigenvalue weighted by atomic mass is 10.2. The predicted molar refractivity (Wildman–Crippen MR) is 52.8 cm³/mol. The van der Waals surface area contributed by atoms with Crippen LogP contribution in [-0.2, 0) is 19.1 Å². The molecular weight excluding hydrogens is 206 g/mol. The van der Waals surface area contributed by atoms with Gasteiger partial charge in [0.05, 0.1) is 0 Å². The third kappa shape index (κ3) is 4.98. The summed E-state index contributed by atoms with van der Waals surface area (Å²) in [6.45, 7) is 1.03. The molecule has 0 unspecified atom stereocenters. The fourth-order valence-electron chi connectivity index (χ4n) is 0.602. The van der Waals surface area contributed by atoms with Gasteiger partial charge in [0.1, 0.15) is 6.04 Å². The van der Waals surface area contributed by atoms with Gasteiger partial charge < -0.3 is 10.5 Å². The Kier molecular flexibility index (Phi) is 6.14. The second-order valence-electron chi connectivity index (χ2n) is 2.65. The van der Waals surface area contributed by atoms with Crippen molar-refractivity contribution in [2.24, 2.45) is 5.73 Å². The maximum atomic E-state index is 11.0. The molecule has 0 aliphatic carbocycles. The van der Waals surface area contributed by atoms with Crippen molar-refractivity contribution in [1.82, 2.24) is 0 Å². The highest BCUT2D eigenvalue weighted by atomic mass is 32.2. The van der Waals surface area contributed by atoms with Gasteiger partial charge in [-0.3, -0.25) is 4.79 Å². The van der Waals surface area contributed by atoms with Crippen molar-refractivity contribution in [3.63, 3.8) is 0 Å². The van der Waals surface area contributed by atoms with Crippen LogP contribution in [0.5, 0.6) is 0 Å². The van der Waals surface area contributed by atoms with Crippen LogP contribution in [0, 0.1) is 0 Å². The molecule has 0 aliphatic heterocycles. The quantitative estimate of drug-likeness (QED) is 0.389. The normalized spacial score (nSPS) is 11.9. The Labute approximate surface area is 86.4 Å². The molecule has 0 bridgehead atoms. The van der Waals surface area contributed by atoms with Crippen molar-refractivity contribution in [3.8, 4) is 0 Å². The summed E-state index contributed by atoms with van der Waals surface area (Å²) >= 11 is 1.53. The molecule has 5 nitrogen and oxygen atoms in total. The number of esters is 2. The van der Waals surface area contributed by atoms with E-state index >= 15 is 0 Å². The molecule has 0 radical (unpaired) electrons. The van der Waals surface area contributed by atoms with E-state index in [2.05, 4.69) is 4.74 Å². The zero-order chi connectivity index (χ0) is 11.1. The Bertz CT molecular complexity index is 241. The molecule has 0 amide bonds. The fourth-order valence-corrected chi connectivity index (χ4v) is 1.09. The zero-order valence-corrected chi connectivity index (χ0v) is 8.93. The lowest BCUT2D eigenvalue weighted by molar-refractivity contribution is -0.164. The van der Waals surface area contributed by atoms with E-state index in [-0.39, 0.29) is 0 Å². The van der Waals surface area contributed by atoms with Crippen LogP contribution in [0.4, 0.5) is 0 Å². The summed E-state index contributed by atoms with van der Waals surface area (Å²) < 4.78 is 4.21. The maximum absolute atomic E-state index is 11.0. The van der Waals surface area contributed by atoms with Gasteiger partial charge in [-0.2, -0.15) is 11.8 Å². The predicted octanol–water partition coefficient (Wildman–Crippen LogP) is -0.274. The Hall–Kier alpha value is -0.880. The second-order valence-corrected chi connectivity index (χ2v) is 3.64. The molecule has 14 heavy (non-hydrogen) atoms. The summed E-state index contributed by atoms with van der Waals surface area (Å²) in [5.41, 5.74) is 5.40. The van der Waals surface area contributed by atoms with E-state index in [1.807, 2.05) is 6.26 Å². The van der Waals surface area contributed by atoms with E-state index in [0.717, 1.165) is 6.92 Å². The number of Topliss-reactive ketones (excluding diaryl/α,β-unsaturated/α-hetero) is 1. The largest absolute Gasteiger partial charge is 0.386 e. The molecule has 0 aliphatic rings. The standard InChI is InChI=1S/C8H13NO4S/c1-5(10)7(11)13-8(12)6(9)3-4-14-2/h6H,3-4,9H2,1-2H3/t6-/m0/s1. The first-order valence-electron chi connectivity index (χ1n) is 4.00. The molecule has 0 rings (SSSR count). The van der Waals surface area contributed by atoms with Crippen molar-refractivity contribution in [3.05, 3.63) is 0 Å². The molecule has 0 aromatic heterocycles. The van der Waals surface area contributed by atoms with E-state index in [1.54, 1.807) is 0 Å². The average molecular weight is 219 g/mol. The third-order valence-electron chi connectivity index (χ3n) is 1.42. The molecule has 1 atom stereocenters. The second kappa shape index (κ2) is 6.56. The van der Waals surface area contributed by atoms with Crippen LogP contribution in [0.25, 0.3) is 0 Å². The van der Waals surface area contributed by atoms with Crippen molar-refractivity contribution >= 4 is 29.5 Å². The maximum Gasteiger partial charge on any atom is 0.381 e. The summed E-state index contributed by atoms with van der Waals surface area (Å²) in [5.74, 6) is -2.12. The Morgan fingerprint density at radius 1 is 1.43 bits per heavy atom. The summed E-state index contributed by atoms with van der Waals surface area (Å²) in [5, 5.41) is 0. The van der Waals surface area contributed by atoms with Gasteiger partial charge in [-0.05, 0) is 18.4 Å². The number of nitrogens with two attached hydrogens (primary N) is 1. The van der Waals surface area contributed by atoms with Crippen LogP contribution < -0.4 is 5.73 Å². The number of ether oxygens (including phenoxy) is 1. The lowest BCUT2D eigenvalue weighted by Gasteiger charge is -2.07. The van der Waals surface area contributed by atoms with Gasteiger partial charge in [0.15, 0.2) is 0 Å². The van der Waals surface area contributed by atoms with Crippen LogP contribution in [0.15, 0.2) is 0 Å². The van der Waals surface area contributed by atoms with Crippen LogP contribution in [0.2, 0.25) is 0 Å². The van der Waals surface area contributed by atoms with E-state index in [9.17, 15) is 14.4 Å². The number of hydrogen-bond donors (Lipinski definition) is 1. The summed E-state index contributed by atoms with van der Waals surface area (Å²) in [6, 6.07) is -0.842. The monoisotopic (exact) mass is 219 g/mol. The summed E-state index contributed by atoms with van der Waals surface area (Å²) in [6.07, 6.45) is 2.30. The first-order valence-corrected chi connectivity index (χ1v) is 5.39. The minimum atomic E-state index is -1.16. The number of carbonyl (C=O) groups is 3. The number of rotatable bonds is 5. The minimum Gasteiger partial charge on any atom is -0.386 e. The van der Waals surface area contributed by atoms with Gasteiger partial charge in [-0.1, -0.05) is 0 Å². The third-order valence-corrected chi connectivity index (χ3v) is 2.06. The molecule has 2 N–H and O–H groups in total. The number of carbonyl (C=O) groups excluding carboxylic acids is 3. The molecule has 0 saturated carbocycles. The number of ketones is 1. The van der Waals surface area contributed by atoms with E-state index in [1.165, 1.54) is 11.8 Å². The van der Waals surface area contributed by atoms with Gasteiger partial charge in [0.2, 0.25) is 5.78 Å². The Morgan fingerprint density at radius 2 is 2.00 bits per heavy atom. The van der Waals surface area contributed by atoms with Crippen LogP contribution in [-0.4, -0.2) is 35.8 Å². The van der Waals surface area contributed by atoms with Crippen LogP contribution >= 0.6 is 11.8 Å². The molecule has 6 heteroatoms. The first-order chi connectivity index (χ1) is 6.49. The average Bonchev–Trinajstić information content (AvgIpc) is 2.13. The molecule has 0 fully saturated rings. The van der Waals surface area contributed by atoms with E-state index < -0.39 is 23.8 Å². The Balaban J connectivity index is 3.95. The van der Waals surface area contributed by atoms with Crippen molar-refractivity contribution in [1.29, 1.82) is 0 Å². The van der Waals surface area contributed by atoms with Crippen LogP contribution in [0.3, 0.4) is 0 Å².